The molecule has 0 radical (unpaired) electrons. The number of anilines is 1. The van der Waals surface area contributed by atoms with Crippen LogP contribution < -0.4 is 10.2 Å². The Morgan fingerprint density at radius 2 is 1.69 bits per heavy atom. The van der Waals surface area contributed by atoms with Crippen LogP contribution in [-0.4, -0.2) is 64.0 Å². The van der Waals surface area contributed by atoms with Gasteiger partial charge < -0.3 is 15.1 Å². The minimum absolute atomic E-state index is 0.174. The first-order valence-corrected chi connectivity index (χ1v) is 10.0. The number of rotatable bonds is 5. The molecule has 3 rings (SSSR count). The fraction of sp³-hybridized carbons (Fsp3) is 0.571. The zero-order valence-electron chi connectivity index (χ0n) is 18.5. The van der Waals surface area contributed by atoms with Crippen LogP contribution in [0, 0.1) is 34.6 Å². The summed E-state index contributed by atoms with van der Waals surface area (Å²) in [6.07, 6.45) is 1.01. The molecule has 8 nitrogen and oxygen atoms in total. The summed E-state index contributed by atoms with van der Waals surface area (Å²) in [5.41, 5.74) is 5.81. The lowest BCUT2D eigenvalue weighted by Gasteiger charge is -2.22. The molecule has 0 saturated carbocycles. The number of aromatic nitrogens is 4. The summed E-state index contributed by atoms with van der Waals surface area (Å²) in [7, 11) is 3.43. The Hall–Kier alpha value is -2.61. The molecule has 3 heterocycles. The highest BCUT2D eigenvalue weighted by molar-refractivity contribution is 5.90. The summed E-state index contributed by atoms with van der Waals surface area (Å²) >= 11 is 0. The van der Waals surface area contributed by atoms with Gasteiger partial charge in [0.15, 0.2) is 0 Å². The molecular weight excluding hydrogens is 366 g/mol. The Morgan fingerprint density at radius 1 is 1.00 bits per heavy atom. The molecule has 29 heavy (non-hydrogen) atoms. The number of nitrogens with one attached hydrogen (secondary N) is 1. The lowest BCUT2D eigenvalue weighted by atomic mass is 10.2. The zero-order chi connectivity index (χ0) is 21.3. The molecule has 1 aliphatic heterocycles. The lowest BCUT2D eigenvalue weighted by Crippen LogP contribution is -2.34. The third-order valence-corrected chi connectivity index (χ3v) is 5.59. The third-order valence-electron chi connectivity index (χ3n) is 5.59. The Balaban J connectivity index is 1.71. The van der Waals surface area contributed by atoms with Crippen molar-refractivity contribution in [3.63, 3.8) is 0 Å². The van der Waals surface area contributed by atoms with Crippen LogP contribution >= 0.6 is 0 Å². The Kier molecular flexibility index (Phi) is 6.12. The van der Waals surface area contributed by atoms with E-state index in [4.69, 9.17) is 0 Å². The predicted molar refractivity (Wildman–Crippen MR) is 113 cm³/mol. The van der Waals surface area contributed by atoms with Crippen LogP contribution in [0.4, 0.5) is 5.82 Å². The Morgan fingerprint density at radius 3 is 2.38 bits per heavy atom. The molecule has 1 saturated heterocycles. The minimum Gasteiger partial charge on any atom is -0.355 e. The molecule has 1 amide bonds. The topological polar surface area (TPSA) is 87.1 Å². The Bertz CT molecular complexity index is 926. The quantitative estimate of drug-likeness (QED) is 0.824. The van der Waals surface area contributed by atoms with Gasteiger partial charge in [0.1, 0.15) is 5.82 Å². The van der Waals surface area contributed by atoms with Crippen LogP contribution in [0.5, 0.6) is 0 Å². The van der Waals surface area contributed by atoms with Crippen LogP contribution in [0.1, 0.15) is 51.1 Å². The minimum atomic E-state index is -0.174. The number of aryl methyl sites for hydroxylation is 4. The first kappa shape index (κ1) is 21.1. The number of carbonyl (C=O) groups is 1. The van der Waals surface area contributed by atoms with Crippen molar-refractivity contribution in [2.45, 2.75) is 53.6 Å². The van der Waals surface area contributed by atoms with E-state index >= 15 is 0 Å². The van der Waals surface area contributed by atoms with Crippen molar-refractivity contribution in [1.29, 1.82) is 0 Å². The first-order valence-electron chi connectivity index (χ1n) is 10.0. The van der Waals surface area contributed by atoms with Crippen molar-refractivity contribution < 1.29 is 4.79 Å². The number of amides is 1. The van der Waals surface area contributed by atoms with Crippen LogP contribution in [0.25, 0.3) is 0 Å². The van der Waals surface area contributed by atoms with Crippen molar-refractivity contribution >= 4 is 11.7 Å². The van der Waals surface area contributed by atoms with E-state index < -0.39 is 0 Å². The summed E-state index contributed by atoms with van der Waals surface area (Å²) in [6, 6.07) is 0.334. The van der Waals surface area contributed by atoms with E-state index in [9.17, 15) is 4.79 Å². The van der Waals surface area contributed by atoms with E-state index in [1.165, 1.54) is 4.90 Å². The van der Waals surface area contributed by atoms with Crippen molar-refractivity contribution in [3.8, 4) is 0 Å². The van der Waals surface area contributed by atoms with Crippen molar-refractivity contribution in [1.82, 2.24) is 30.2 Å². The van der Waals surface area contributed by atoms with Gasteiger partial charge in [0, 0.05) is 51.0 Å². The molecule has 0 bridgehead atoms. The van der Waals surface area contributed by atoms with Gasteiger partial charge >= 0.3 is 0 Å². The fourth-order valence-electron chi connectivity index (χ4n) is 3.51. The fourth-order valence-corrected chi connectivity index (χ4v) is 3.51. The molecule has 0 aliphatic carbocycles. The second-order valence-electron chi connectivity index (χ2n) is 8.02. The molecule has 1 N–H and O–H groups in total. The second-order valence-corrected chi connectivity index (χ2v) is 8.02. The number of hydrogen-bond donors (Lipinski definition) is 1. The zero-order valence-corrected chi connectivity index (χ0v) is 18.5. The van der Waals surface area contributed by atoms with E-state index in [1.807, 2.05) is 34.6 Å². The first-order chi connectivity index (χ1) is 13.7. The molecule has 0 unspecified atom stereocenters. The molecule has 2 aromatic heterocycles. The molecule has 156 valence electrons. The molecule has 1 fully saturated rings. The van der Waals surface area contributed by atoms with E-state index in [2.05, 4.69) is 30.2 Å². The van der Waals surface area contributed by atoms with Gasteiger partial charge in [-0.25, -0.2) is 9.97 Å². The monoisotopic (exact) mass is 397 g/mol. The van der Waals surface area contributed by atoms with Crippen molar-refractivity contribution in [2.75, 3.05) is 32.1 Å². The summed E-state index contributed by atoms with van der Waals surface area (Å²) in [4.78, 5) is 34.3. The maximum Gasteiger partial charge on any atom is 0.291 e. The molecule has 0 spiro atoms. The maximum atomic E-state index is 12.3. The normalized spacial score (nSPS) is 16.4. The second kappa shape index (κ2) is 8.41. The summed E-state index contributed by atoms with van der Waals surface area (Å²) in [5.74, 6) is 0.937. The standard InChI is InChI=1S/C21H31N7O/c1-12-13(2)25-19(21(29)27(6)7)26-20(12)28-9-8-17(11-28)22-10-18-16(5)23-14(3)15(4)24-18/h17,22H,8-11H2,1-7H3/t17-/m1/s1. The number of hydrogen-bond acceptors (Lipinski definition) is 7. The van der Waals surface area contributed by atoms with E-state index in [1.54, 1.807) is 14.1 Å². The highest BCUT2D eigenvalue weighted by Gasteiger charge is 2.27. The van der Waals surface area contributed by atoms with E-state index in [0.29, 0.717) is 12.6 Å². The van der Waals surface area contributed by atoms with Gasteiger partial charge in [0.25, 0.3) is 5.91 Å². The smallest absolute Gasteiger partial charge is 0.291 e. The predicted octanol–water partition coefficient (Wildman–Crippen LogP) is 1.88. The highest BCUT2D eigenvalue weighted by atomic mass is 16.2. The van der Waals surface area contributed by atoms with Crippen molar-refractivity contribution in [3.05, 3.63) is 39.9 Å². The SMILES string of the molecule is Cc1nc(C)c(CN[C@@H]2CCN(c3nc(C(=O)N(C)C)nc(C)c3C)C2)nc1C. The largest absolute Gasteiger partial charge is 0.355 e. The summed E-state index contributed by atoms with van der Waals surface area (Å²) in [6.45, 7) is 12.4. The van der Waals surface area contributed by atoms with Gasteiger partial charge in [-0.15, -0.1) is 0 Å². The van der Waals surface area contributed by atoms with Gasteiger partial charge in [-0.1, -0.05) is 0 Å². The molecular formula is C21H31N7O. The van der Waals surface area contributed by atoms with Crippen LogP contribution in [0.2, 0.25) is 0 Å². The van der Waals surface area contributed by atoms with E-state index in [-0.39, 0.29) is 11.7 Å². The molecule has 1 atom stereocenters. The van der Waals surface area contributed by atoms with E-state index in [0.717, 1.165) is 59.4 Å². The Labute approximate surface area is 172 Å². The van der Waals surface area contributed by atoms with Gasteiger partial charge in [0.2, 0.25) is 5.82 Å². The van der Waals surface area contributed by atoms with Gasteiger partial charge in [-0.2, -0.15) is 0 Å². The molecule has 1 aliphatic rings. The van der Waals surface area contributed by atoms with Gasteiger partial charge in [-0.05, 0) is 41.0 Å². The lowest BCUT2D eigenvalue weighted by molar-refractivity contribution is 0.0815. The third kappa shape index (κ3) is 4.53. The van der Waals surface area contributed by atoms with Gasteiger partial charge in [0.05, 0.1) is 22.8 Å². The summed E-state index contributed by atoms with van der Waals surface area (Å²) in [5, 5.41) is 3.61. The number of nitrogens with zero attached hydrogens (tertiary/aromatic N) is 6. The average molecular weight is 398 g/mol. The van der Waals surface area contributed by atoms with Crippen LogP contribution in [0.3, 0.4) is 0 Å². The summed E-state index contributed by atoms with van der Waals surface area (Å²) < 4.78 is 0. The number of carbonyl (C=O) groups excluding carboxylic acids is 1. The maximum absolute atomic E-state index is 12.3. The van der Waals surface area contributed by atoms with Crippen molar-refractivity contribution in [2.24, 2.45) is 0 Å². The van der Waals surface area contributed by atoms with Gasteiger partial charge in [-0.3, -0.25) is 14.8 Å². The highest BCUT2D eigenvalue weighted by Crippen LogP contribution is 2.24. The van der Waals surface area contributed by atoms with Crippen LogP contribution in [-0.2, 0) is 6.54 Å². The van der Waals surface area contributed by atoms with Crippen LogP contribution in [0.15, 0.2) is 0 Å². The molecule has 8 heteroatoms. The molecule has 0 aromatic carbocycles. The average Bonchev–Trinajstić information content (AvgIpc) is 3.13. The molecule has 2 aromatic rings.